The molecule has 2 fully saturated rings. The molecule has 9 nitrogen and oxygen atoms in total. The van der Waals surface area contributed by atoms with Crippen molar-refractivity contribution in [2.24, 2.45) is 7.05 Å². The molecule has 1 atom stereocenters. The van der Waals surface area contributed by atoms with Gasteiger partial charge in [-0.05, 0) is 43.2 Å². The lowest BCUT2D eigenvalue weighted by Gasteiger charge is -2.43. The van der Waals surface area contributed by atoms with Crippen LogP contribution in [0.15, 0.2) is 30.5 Å². The van der Waals surface area contributed by atoms with E-state index in [1.165, 1.54) is 24.3 Å². The Morgan fingerprint density at radius 2 is 1.80 bits per heavy atom. The number of aryl methyl sites for hydroxylation is 3. The first-order valence-corrected chi connectivity index (χ1v) is 12.0. The minimum Gasteiger partial charge on any atom is -0.490 e. The maximum Gasteiger partial charge on any atom is 0.225 e. The van der Waals surface area contributed by atoms with Crippen LogP contribution in [0.3, 0.4) is 0 Å². The molecule has 0 saturated carbocycles. The minimum absolute atomic E-state index is 0.00142. The van der Waals surface area contributed by atoms with Crippen molar-refractivity contribution >= 4 is 11.8 Å². The number of hydrogen-bond acceptors (Lipinski definition) is 6. The van der Waals surface area contributed by atoms with Crippen LogP contribution in [0.25, 0.3) is 0 Å². The molecule has 0 N–H and O–H groups in total. The van der Waals surface area contributed by atoms with Crippen LogP contribution in [0.4, 0.5) is 4.39 Å². The molecule has 10 heteroatoms. The zero-order valence-corrected chi connectivity index (χ0v) is 20.4. The van der Waals surface area contributed by atoms with Gasteiger partial charge in [0.25, 0.3) is 0 Å². The van der Waals surface area contributed by atoms with E-state index in [1.807, 2.05) is 20.2 Å². The number of rotatable bonds is 8. The quantitative estimate of drug-likeness (QED) is 0.563. The Labute approximate surface area is 204 Å². The fourth-order valence-corrected chi connectivity index (χ4v) is 4.54. The van der Waals surface area contributed by atoms with Crippen molar-refractivity contribution in [2.75, 3.05) is 52.6 Å². The van der Waals surface area contributed by atoms with Gasteiger partial charge in [-0.3, -0.25) is 14.3 Å². The molecule has 190 valence electrons. The zero-order chi connectivity index (χ0) is 24.8. The van der Waals surface area contributed by atoms with E-state index in [4.69, 9.17) is 14.2 Å². The maximum atomic E-state index is 13.3. The first-order valence-electron chi connectivity index (χ1n) is 12.0. The second-order valence-corrected chi connectivity index (χ2v) is 9.17. The average Bonchev–Trinajstić information content (AvgIpc) is 3.19. The van der Waals surface area contributed by atoms with Crippen LogP contribution in [-0.2, 0) is 32.5 Å². The number of benzene rings is 1. The summed E-state index contributed by atoms with van der Waals surface area (Å²) in [6.07, 6.45) is 2.96. The van der Waals surface area contributed by atoms with Gasteiger partial charge in [0.05, 0.1) is 38.5 Å². The van der Waals surface area contributed by atoms with Gasteiger partial charge in [0.15, 0.2) is 0 Å². The third-order valence-corrected chi connectivity index (χ3v) is 6.48. The van der Waals surface area contributed by atoms with Crippen molar-refractivity contribution in [3.05, 3.63) is 47.5 Å². The number of halogens is 1. The van der Waals surface area contributed by atoms with E-state index >= 15 is 0 Å². The standard InChI is InChI=1S/C25H33FN4O5/c1-19-20(16-28(2)27-19)3-8-23(31)30-11-14-35-25(17-30,15-24(32)29-9-12-33-13-10-29)18-34-22-6-4-21(26)5-7-22/h4-7,16H,3,8-15,17-18H2,1-2H3/t25-/m0/s1. The van der Waals surface area contributed by atoms with Crippen molar-refractivity contribution < 1.29 is 28.2 Å². The van der Waals surface area contributed by atoms with Gasteiger partial charge >= 0.3 is 0 Å². The normalized spacial score (nSPS) is 20.7. The second-order valence-electron chi connectivity index (χ2n) is 9.17. The van der Waals surface area contributed by atoms with E-state index in [-0.39, 0.29) is 37.2 Å². The summed E-state index contributed by atoms with van der Waals surface area (Å²) in [7, 11) is 1.86. The van der Waals surface area contributed by atoms with Crippen molar-refractivity contribution in [1.29, 1.82) is 0 Å². The molecule has 2 saturated heterocycles. The smallest absolute Gasteiger partial charge is 0.225 e. The van der Waals surface area contributed by atoms with Gasteiger partial charge in [0.2, 0.25) is 11.8 Å². The summed E-state index contributed by atoms with van der Waals surface area (Å²) in [6.45, 7) is 5.07. The Morgan fingerprint density at radius 1 is 1.09 bits per heavy atom. The van der Waals surface area contributed by atoms with Crippen molar-refractivity contribution in [3.63, 3.8) is 0 Å². The van der Waals surface area contributed by atoms with Crippen LogP contribution >= 0.6 is 0 Å². The molecule has 0 radical (unpaired) electrons. The summed E-state index contributed by atoms with van der Waals surface area (Å²) < 4.78 is 32.5. The Hall–Kier alpha value is -2.98. The summed E-state index contributed by atoms with van der Waals surface area (Å²) in [4.78, 5) is 29.8. The maximum absolute atomic E-state index is 13.3. The van der Waals surface area contributed by atoms with E-state index in [0.717, 1.165) is 11.3 Å². The molecule has 2 aliphatic heterocycles. The highest BCUT2D eigenvalue weighted by molar-refractivity contribution is 5.79. The second kappa shape index (κ2) is 11.2. The fourth-order valence-electron chi connectivity index (χ4n) is 4.54. The Balaban J connectivity index is 1.45. The summed E-state index contributed by atoms with van der Waals surface area (Å²) in [6, 6.07) is 5.71. The van der Waals surface area contributed by atoms with Crippen molar-refractivity contribution in [3.8, 4) is 5.75 Å². The lowest BCUT2D eigenvalue weighted by molar-refractivity contribution is -0.167. The zero-order valence-electron chi connectivity index (χ0n) is 20.4. The van der Waals surface area contributed by atoms with Crippen LogP contribution in [0.1, 0.15) is 24.1 Å². The molecule has 0 unspecified atom stereocenters. The van der Waals surface area contributed by atoms with E-state index < -0.39 is 5.60 Å². The number of amides is 2. The van der Waals surface area contributed by atoms with E-state index in [9.17, 15) is 14.0 Å². The topological polar surface area (TPSA) is 86.1 Å². The highest BCUT2D eigenvalue weighted by atomic mass is 19.1. The number of carbonyl (C=O) groups is 2. The number of aromatic nitrogens is 2. The summed E-state index contributed by atoms with van der Waals surface area (Å²) in [5.74, 6) is 0.0608. The summed E-state index contributed by atoms with van der Waals surface area (Å²) in [5, 5.41) is 4.34. The monoisotopic (exact) mass is 488 g/mol. The van der Waals surface area contributed by atoms with Gasteiger partial charge in [-0.15, -0.1) is 0 Å². The molecule has 2 aromatic rings. The van der Waals surface area contributed by atoms with E-state index in [1.54, 1.807) is 14.5 Å². The molecule has 0 aliphatic carbocycles. The van der Waals surface area contributed by atoms with E-state index in [0.29, 0.717) is 58.0 Å². The van der Waals surface area contributed by atoms with Gasteiger partial charge in [-0.1, -0.05) is 0 Å². The molecule has 2 aliphatic rings. The number of hydrogen-bond donors (Lipinski definition) is 0. The molecule has 1 aromatic carbocycles. The third-order valence-electron chi connectivity index (χ3n) is 6.48. The van der Waals surface area contributed by atoms with Crippen LogP contribution in [0, 0.1) is 12.7 Å². The third kappa shape index (κ3) is 6.58. The first-order chi connectivity index (χ1) is 16.8. The molecule has 0 bridgehead atoms. The molecule has 1 aromatic heterocycles. The lowest BCUT2D eigenvalue weighted by Crippen LogP contribution is -2.58. The minimum atomic E-state index is -0.998. The highest BCUT2D eigenvalue weighted by Crippen LogP contribution is 2.26. The van der Waals surface area contributed by atoms with Crippen molar-refractivity contribution in [1.82, 2.24) is 19.6 Å². The van der Waals surface area contributed by atoms with Crippen LogP contribution in [0.5, 0.6) is 5.75 Å². The van der Waals surface area contributed by atoms with Gasteiger partial charge in [-0.25, -0.2) is 4.39 Å². The Bertz CT molecular complexity index is 1020. The van der Waals surface area contributed by atoms with Crippen LogP contribution in [-0.4, -0.2) is 89.6 Å². The fraction of sp³-hybridized carbons (Fsp3) is 0.560. The molecule has 2 amide bonds. The molecule has 3 heterocycles. The van der Waals surface area contributed by atoms with Crippen LogP contribution in [0.2, 0.25) is 0 Å². The molecular weight excluding hydrogens is 455 g/mol. The summed E-state index contributed by atoms with van der Waals surface area (Å²) in [5.41, 5.74) is 0.963. The van der Waals surface area contributed by atoms with Gasteiger partial charge in [0.1, 0.15) is 23.8 Å². The van der Waals surface area contributed by atoms with Gasteiger partial charge < -0.3 is 24.0 Å². The molecular formula is C25H33FN4O5. The van der Waals surface area contributed by atoms with Crippen molar-refractivity contribution in [2.45, 2.75) is 31.8 Å². The Kier molecular flexibility index (Phi) is 8.02. The van der Waals surface area contributed by atoms with Crippen LogP contribution < -0.4 is 4.74 Å². The van der Waals surface area contributed by atoms with E-state index in [2.05, 4.69) is 5.10 Å². The molecule has 4 rings (SSSR count). The largest absolute Gasteiger partial charge is 0.490 e. The SMILES string of the molecule is Cc1nn(C)cc1CCC(=O)N1CCO[C@@](COc2ccc(F)cc2)(CC(=O)N2CCOCC2)C1. The Morgan fingerprint density at radius 3 is 2.49 bits per heavy atom. The predicted octanol–water partition coefficient (Wildman–Crippen LogP) is 1.73. The lowest BCUT2D eigenvalue weighted by atomic mass is 9.96. The van der Waals surface area contributed by atoms with Gasteiger partial charge in [-0.2, -0.15) is 5.10 Å². The number of ether oxygens (including phenoxy) is 3. The molecule has 35 heavy (non-hydrogen) atoms. The first kappa shape index (κ1) is 25.1. The number of carbonyl (C=O) groups excluding carboxylic acids is 2. The summed E-state index contributed by atoms with van der Waals surface area (Å²) >= 11 is 0. The highest BCUT2D eigenvalue weighted by Gasteiger charge is 2.42. The molecule has 0 spiro atoms. The number of morpholine rings is 2. The van der Waals surface area contributed by atoms with Gasteiger partial charge in [0, 0.05) is 39.3 Å². The average molecular weight is 489 g/mol. The number of nitrogens with zero attached hydrogens (tertiary/aromatic N) is 4. The predicted molar refractivity (Wildman–Crippen MR) is 125 cm³/mol.